The van der Waals surface area contributed by atoms with E-state index < -0.39 is 12.1 Å². The molecule has 0 aliphatic heterocycles. The normalized spacial score (nSPS) is 20.5. The van der Waals surface area contributed by atoms with Gasteiger partial charge < -0.3 is 16.2 Å². The van der Waals surface area contributed by atoms with Gasteiger partial charge in [0.2, 0.25) is 5.91 Å². The summed E-state index contributed by atoms with van der Waals surface area (Å²) in [6.45, 7) is 4.75. The van der Waals surface area contributed by atoms with Crippen molar-refractivity contribution >= 4 is 5.91 Å². The van der Waals surface area contributed by atoms with E-state index in [0.29, 0.717) is 24.8 Å². The molecule has 1 rings (SSSR count). The van der Waals surface area contributed by atoms with Crippen LogP contribution in [0.3, 0.4) is 0 Å². The number of hydrogen-bond donors (Lipinski definition) is 3. The number of carbonyl (C=O) groups is 1. The maximum Gasteiger partial charge on any atom is 0.250 e. The lowest BCUT2D eigenvalue weighted by Gasteiger charge is -2.20. The Labute approximate surface area is 104 Å². The highest BCUT2D eigenvalue weighted by Crippen LogP contribution is 2.23. The van der Waals surface area contributed by atoms with Crippen molar-refractivity contribution in [3.8, 4) is 0 Å². The fourth-order valence-electron chi connectivity index (χ4n) is 2.43. The second-order valence-corrected chi connectivity index (χ2v) is 5.63. The van der Waals surface area contributed by atoms with Crippen molar-refractivity contribution in [1.82, 2.24) is 5.32 Å². The van der Waals surface area contributed by atoms with E-state index in [0.717, 1.165) is 0 Å². The fraction of sp³-hybridized carbons (Fsp3) is 0.923. The van der Waals surface area contributed by atoms with E-state index in [1.807, 2.05) is 13.8 Å². The highest BCUT2D eigenvalue weighted by molar-refractivity contribution is 5.81. The van der Waals surface area contributed by atoms with Crippen molar-refractivity contribution in [2.75, 3.05) is 6.54 Å². The average molecular weight is 242 g/mol. The Balaban J connectivity index is 2.25. The molecule has 4 N–H and O–H groups in total. The smallest absolute Gasteiger partial charge is 0.250 e. The zero-order valence-electron chi connectivity index (χ0n) is 11.0. The molecule has 1 fully saturated rings. The monoisotopic (exact) mass is 242 g/mol. The second-order valence-electron chi connectivity index (χ2n) is 5.63. The fourth-order valence-corrected chi connectivity index (χ4v) is 2.43. The summed E-state index contributed by atoms with van der Waals surface area (Å²) in [5, 5.41) is 12.6. The lowest BCUT2D eigenvalue weighted by atomic mass is 9.99. The molecule has 4 heteroatoms. The number of rotatable bonds is 6. The lowest BCUT2D eigenvalue weighted by Crippen LogP contribution is -2.47. The molecule has 0 saturated heterocycles. The summed E-state index contributed by atoms with van der Waals surface area (Å²) in [7, 11) is 0. The van der Waals surface area contributed by atoms with Crippen molar-refractivity contribution in [1.29, 1.82) is 0 Å². The van der Waals surface area contributed by atoms with Gasteiger partial charge in [-0.3, -0.25) is 4.79 Å². The van der Waals surface area contributed by atoms with Crippen LogP contribution < -0.4 is 11.1 Å². The van der Waals surface area contributed by atoms with Gasteiger partial charge in [-0.2, -0.15) is 0 Å². The minimum absolute atomic E-state index is 0.315. The number of nitrogens with two attached hydrogens (primary N) is 1. The molecule has 17 heavy (non-hydrogen) atoms. The van der Waals surface area contributed by atoms with Crippen molar-refractivity contribution in [3.05, 3.63) is 0 Å². The predicted octanol–water partition coefficient (Wildman–Crippen LogP) is 1.03. The first-order valence-electron chi connectivity index (χ1n) is 6.72. The van der Waals surface area contributed by atoms with Gasteiger partial charge in [0.05, 0.1) is 0 Å². The Kier molecular flexibility index (Phi) is 5.92. The topological polar surface area (TPSA) is 75.3 Å². The first-order chi connectivity index (χ1) is 8.00. The van der Waals surface area contributed by atoms with Crippen molar-refractivity contribution < 1.29 is 9.90 Å². The van der Waals surface area contributed by atoms with E-state index in [2.05, 4.69) is 5.32 Å². The lowest BCUT2D eigenvalue weighted by molar-refractivity contribution is -0.130. The van der Waals surface area contributed by atoms with Crippen LogP contribution in [0.2, 0.25) is 0 Å². The molecule has 0 aromatic rings. The summed E-state index contributed by atoms with van der Waals surface area (Å²) in [6, 6.07) is -0.460. The van der Waals surface area contributed by atoms with Crippen LogP contribution in [0.1, 0.15) is 46.0 Å². The van der Waals surface area contributed by atoms with E-state index in [4.69, 9.17) is 5.73 Å². The van der Waals surface area contributed by atoms with Crippen LogP contribution in [0.25, 0.3) is 0 Å². The van der Waals surface area contributed by atoms with Gasteiger partial charge >= 0.3 is 0 Å². The third-order valence-corrected chi connectivity index (χ3v) is 3.46. The van der Waals surface area contributed by atoms with Crippen molar-refractivity contribution in [2.45, 2.75) is 58.1 Å². The third kappa shape index (κ3) is 5.04. The molecule has 0 bridgehead atoms. The minimum Gasteiger partial charge on any atom is -0.382 e. The number of hydrogen-bond acceptors (Lipinski definition) is 3. The van der Waals surface area contributed by atoms with Gasteiger partial charge in [0.1, 0.15) is 6.10 Å². The third-order valence-electron chi connectivity index (χ3n) is 3.46. The molecule has 0 spiro atoms. The Morgan fingerprint density at radius 3 is 2.53 bits per heavy atom. The highest BCUT2D eigenvalue weighted by atomic mass is 16.3. The van der Waals surface area contributed by atoms with Crippen LogP contribution in [0, 0.1) is 11.8 Å². The first kappa shape index (κ1) is 14.5. The number of amides is 1. The zero-order chi connectivity index (χ0) is 12.8. The molecule has 0 radical (unpaired) electrons. The van der Waals surface area contributed by atoms with Crippen LogP contribution in [0.15, 0.2) is 0 Å². The molecule has 1 saturated carbocycles. The summed E-state index contributed by atoms with van der Waals surface area (Å²) >= 11 is 0. The largest absolute Gasteiger partial charge is 0.382 e. The van der Waals surface area contributed by atoms with Crippen LogP contribution in [0.5, 0.6) is 0 Å². The molecular weight excluding hydrogens is 216 g/mol. The number of carbonyl (C=O) groups excluding carboxylic acids is 1. The molecule has 0 aromatic heterocycles. The second kappa shape index (κ2) is 6.97. The summed E-state index contributed by atoms with van der Waals surface area (Å²) in [5.74, 6) is 0.666. The molecule has 0 aromatic carbocycles. The SMILES string of the molecule is CC(C)C[C@H](N)C(O)C(=O)NCC1CCCC1. The van der Waals surface area contributed by atoms with Gasteiger partial charge in [-0.25, -0.2) is 0 Å². The Morgan fingerprint density at radius 1 is 1.41 bits per heavy atom. The molecule has 2 atom stereocenters. The van der Waals surface area contributed by atoms with E-state index in [9.17, 15) is 9.90 Å². The van der Waals surface area contributed by atoms with E-state index in [1.165, 1.54) is 25.7 Å². The van der Waals surface area contributed by atoms with Gasteiger partial charge in [0.25, 0.3) is 0 Å². The van der Waals surface area contributed by atoms with Crippen LogP contribution in [-0.4, -0.2) is 29.7 Å². The van der Waals surface area contributed by atoms with Crippen molar-refractivity contribution in [3.63, 3.8) is 0 Å². The van der Waals surface area contributed by atoms with Gasteiger partial charge in [0, 0.05) is 12.6 Å². The summed E-state index contributed by atoms with van der Waals surface area (Å²) in [4.78, 5) is 11.7. The maximum atomic E-state index is 11.7. The molecule has 100 valence electrons. The van der Waals surface area contributed by atoms with Crippen LogP contribution >= 0.6 is 0 Å². The van der Waals surface area contributed by atoms with E-state index in [1.54, 1.807) is 0 Å². The van der Waals surface area contributed by atoms with Gasteiger partial charge in [-0.05, 0) is 31.1 Å². The molecule has 1 amide bonds. The molecular formula is C13H26N2O2. The minimum atomic E-state index is -1.07. The first-order valence-corrected chi connectivity index (χ1v) is 6.72. The maximum absolute atomic E-state index is 11.7. The number of aliphatic hydroxyl groups excluding tert-OH is 1. The number of aliphatic hydroxyl groups is 1. The van der Waals surface area contributed by atoms with Gasteiger partial charge in [-0.1, -0.05) is 26.7 Å². The summed E-state index contributed by atoms with van der Waals surface area (Å²) in [6.07, 6.45) is 4.49. The molecule has 1 unspecified atom stereocenters. The van der Waals surface area contributed by atoms with E-state index in [-0.39, 0.29) is 5.91 Å². The average Bonchev–Trinajstić information content (AvgIpc) is 2.76. The molecule has 0 heterocycles. The van der Waals surface area contributed by atoms with E-state index >= 15 is 0 Å². The van der Waals surface area contributed by atoms with Crippen molar-refractivity contribution in [2.24, 2.45) is 17.6 Å². The number of nitrogens with one attached hydrogen (secondary N) is 1. The predicted molar refractivity (Wildman–Crippen MR) is 68.4 cm³/mol. The highest BCUT2D eigenvalue weighted by Gasteiger charge is 2.24. The zero-order valence-corrected chi connectivity index (χ0v) is 11.0. The van der Waals surface area contributed by atoms with Crippen LogP contribution in [0.4, 0.5) is 0 Å². The summed E-state index contributed by atoms with van der Waals surface area (Å²) < 4.78 is 0. The Morgan fingerprint density at radius 2 is 2.00 bits per heavy atom. The Bertz CT molecular complexity index is 238. The molecule has 1 aliphatic rings. The quantitative estimate of drug-likeness (QED) is 0.651. The Hall–Kier alpha value is -0.610. The molecule has 1 aliphatic carbocycles. The van der Waals surface area contributed by atoms with Gasteiger partial charge in [-0.15, -0.1) is 0 Å². The standard InChI is InChI=1S/C13H26N2O2/c1-9(2)7-11(14)12(16)13(17)15-8-10-5-3-4-6-10/h9-12,16H,3-8,14H2,1-2H3,(H,15,17)/t11-,12?/m0/s1. The summed E-state index contributed by atoms with van der Waals surface area (Å²) in [5.41, 5.74) is 5.79. The van der Waals surface area contributed by atoms with Gasteiger partial charge in [0.15, 0.2) is 0 Å². The van der Waals surface area contributed by atoms with Crippen LogP contribution in [-0.2, 0) is 4.79 Å². The molecule has 4 nitrogen and oxygen atoms in total.